The molecular formula is C22H20N2O4S. The second-order valence-corrected chi connectivity index (χ2v) is 7.44. The van der Waals surface area contributed by atoms with E-state index in [1.54, 1.807) is 0 Å². The molecule has 0 spiro atoms. The number of hydrogen-bond donors (Lipinski definition) is 0. The number of benzene rings is 2. The highest BCUT2D eigenvalue weighted by atomic mass is 32.2. The van der Waals surface area contributed by atoms with Crippen molar-refractivity contribution in [1.82, 2.24) is 4.98 Å². The molecule has 1 aliphatic heterocycles. The third-order valence-corrected chi connectivity index (χ3v) is 5.49. The minimum absolute atomic E-state index is 0.175. The molecule has 4 rings (SSSR count). The van der Waals surface area contributed by atoms with Gasteiger partial charge < -0.3 is 14.2 Å². The highest BCUT2D eigenvalue weighted by Gasteiger charge is 2.27. The maximum atomic E-state index is 11.6. The minimum atomic E-state index is -0.454. The number of hydrogen-bond acceptors (Lipinski definition) is 7. The fraction of sp³-hybridized carbons (Fsp3) is 0.227. The second-order valence-electron chi connectivity index (χ2n) is 6.43. The van der Waals surface area contributed by atoms with Crippen LogP contribution in [-0.2, 0) is 20.9 Å². The normalized spacial score (nSPS) is 15.9. The van der Waals surface area contributed by atoms with Crippen LogP contribution in [0, 0.1) is 0 Å². The van der Waals surface area contributed by atoms with Crippen LogP contribution in [-0.4, -0.2) is 41.7 Å². The van der Waals surface area contributed by atoms with Crippen molar-refractivity contribution in [1.29, 1.82) is 0 Å². The summed E-state index contributed by atoms with van der Waals surface area (Å²) in [5, 5.41) is 1.72. The van der Waals surface area contributed by atoms with E-state index >= 15 is 0 Å². The van der Waals surface area contributed by atoms with Gasteiger partial charge in [0, 0.05) is 11.1 Å². The van der Waals surface area contributed by atoms with Crippen molar-refractivity contribution < 1.29 is 19.0 Å². The van der Waals surface area contributed by atoms with E-state index in [9.17, 15) is 4.79 Å². The van der Waals surface area contributed by atoms with E-state index in [2.05, 4.69) is 9.98 Å². The molecule has 0 saturated heterocycles. The van der Waals surface area contributed by atoms with E-state index in [0.29, 0.717) is 12.4 Å². The van der Waals surface area contributed by atoms with Gasteiger partial charge in [0.05, 0.1) is 24.9 Å². The number of rotatable bonds is 7. The zero-order valence-corrected chi connectivity index (χ0v) is 16.7. The topological polar surface area (TPSA) is 70.0 Å². The van der Waals surface area contributed by atoms with Crippen molar-refractivity contribution in [2.24, 2.45) is 4.99 Å². The van der Waals surface area contributed by atoms with Crippen molar-refractivity contribution >= 4 is 33.7 Å². The Morgan fingerprint density at radius 2 is 2.00 bits per heavy atom. The standard InChI is InChI=1S/C22H20N2O4S/c1-26-22(25)20-13-29-21(24-20)19-9-7-16-11-17(8-10-18(16)23-19)28-14-27-12-15-5-3-2-4-6-15/h2-11,20H,12-14H2,1H3. The number of carbonyl (C=O) groups is 1. The van der Waals surface area contributed by atoms with E-state index in [4.69, 9.17) is 14.2 Å². The lowest BCUT2D eigenvalue weighted by Crippen LogP contribution is -2.19. The molecule has 3 aromatic rings. The predicted octanol–water partition coefficient (Wildman–Crippen LogP) is 3.82. The third kappa shape index (κ3) is 4.75. The molecule has 29 heavy (non-hydrogen) atoms. The molecule has 6 nitrogen and oxygen atoms in total. The molecule has 1 aromatic heterocycles. The number of aliphatic imine (C=N–C) groups is 1. The first-order valence-electron chi connectivity index (χ1n) is 9.17. The minimum Gasteiger partial charge on any atom is -0.468 e. The number of carbonyl (C=O) groups excluding carboxylic acids is 1. The Morgan fingerprint density at radius 3 is 2.83 bits per heavy atom. The molecule has 2 heterocycles. The number of nitrogens with zero attached hydrogens (tertiary/aromatic N) is 2. The summed E-state index contributed by atoms with van der Waals surface area (Å²) in [6, 6.07) is 19.1. The molecule has 1 atom stereocenters. The molecule has 0 amide bonds. The zero-order valence-electron chi connectivity index (χ0n) is 15.9. The summed E-state index contributed by atoms with van der Waals surface area (Å²) in [6.45, 7) is 0.681. The van der Waals surface area contributed by atoms with Gasteiger partial charge in [-0.1, -0.05) is 36.4 Å². The number of pyridine rings is 1. The summed E-state index contributed by atoms with van der Waals surface area (Å²) in [7, 11) is 1.38. The number of methoxy groups -OCH3 is 1. The monoisotopic (exact) mass is 408 g/mol. The maximum Gasteiger partial charge on any atom is 0.331 e. The van der Waals surface area contributed by atoms with Crippen LogP contribution < -0.4 is 4.74 Å². The van der Waals surface area contributed by atoms with Crippen LogP contribution in [0.4, 0.5) is 0 Å². The third-order valence-electron chi connectivity index (χ3n) is 4.42. The first kappa shape index (κ1) is 19.4. The molecule has 1 aliphatic rings. The molecule has 0 fully saturated rings. The summed E-state index contributed by atoms with van der Waals surface area (Å²) in [6.07, 6.45) is 0. The maximum absolute atomic E-state index is 11.6. The first-order valence-corrected chi connectivity index (χ1v) is 10.2. The van der Waals surface area contributed by atoms with Crippen LogP contribution in [0.25, 0.3) is 10.9 Å². The second kappa shape index (κ2) is 9.07. The SMILES string of the molecule is COC(=O)C1CSC(c2ccc3cc(OCOCc4ccccc4)ccc3n2)=N1. The van der Waals surface area contributed by atoms with Crippen molar-refractivity contribution in [2.45, 2.75) is 12.6 Å². The Hall–Kier alpha value is -2.90. The number of thioether (sulfide) groups is 1. The number of esters is 1. The Bertz CT molecular complexity index is 1040. The highest BCUT2D eigenvalue weighted by molar-refractivity contribution is 8.14. The van der Waals surface area contributed by atoms with Crippen LogP contribution in [0.1, 0.15) is 11.3 Å². The van der Waals surface area contributed by atoms with Gasteiger partial charge in [0.25, 0.3) is 0 Å². The predicted molar refractivity (Wildman–Crippen MR) is 113 cm³/mol. The summed E-state index contributed by atoms with van der Waals surface area (Å²) in [5.41, 5.74) is 2.70. The Balaban J connectivity index is 1.39. The van der Waals surface area contributed by atoms with Gasteiger partial charge in [-0.25, -0.2) is 9.78 Å². The Labute approximate surface area is 172 Å². The van der Waals surface area contributed by atoms with E-state index in [1.807, 2.05) is 60.7 Å². The molecule has 0 saturated carbocycles. The smallest absolute Gasteiger partial charge is 0.331 e. The van der Waals surface area contributed by atoms with Gasteiger partial charge in [-0.3, -0.25) is 4.99 Å². The van der Waals surface area contributed by atoms with Gasteiger partial charge in [-0.05, 0) is 29.8 Å². The molecule has 1 unspecified atom stereocenters. The molecule has 0 radical (unpaired) electrons. The number of fused-ring (bicyclic) bond motifs is 1. The van der Waals surface area contributed by atoms with Crippen molar-refractivity contribution in [3.05, 3.63) is 71.9 Å². The van der Waals surface area contributed by atoms with Crippen LogP contribution in [0.3, 0.4) is 0 Å². The van der Waals surface area contributed by atoms with Crippen LogP contribution in [0.2, 0.25) is 0 Å². The van der Waals surface area contributed by atoms with Crippen molar-refractivity contribution in [3.8, 4) is 5.75 Å². The largest absolute Gasteiger partial charge is 0.468 e. The Morgan fingerprint density at radius 1 is 1.14 bits per heavy atom. The lowest BCUT2D eigenvalue weighted by molar-refractivity contribution is -0.141. The summed E-state index contributed by atoms with van der Waals surface area (Å²) < 4.78 is 16.0. The first-order chi connectivity index (χ1) is 14.2. The van der Waals surface area contributed by atoms with Crippen LogP contribution >= 0.6 is 11.8 Å². The lowest BCUT2D eigenvalue weighted by Gasteiger charge is -2.09. The van der Waals surface area contributed by atoms with Gasteiger partial charge in [-0.2, -0.15) is 0 Å². The molecule has 0 N–H and O–H groups in total. The fourth-order valence-electron chi connectivity index (χ4n) is 2.93. The van der Waals surface area contributed by atoms with Gasteiger partial charge in [-0.15, -0.1) is 11.8 Å². The molecule has 148 valence electrons. The summed E-state index contributed by atoms with van der Waals surface area (Å²) >= 11 is 1.52. The Kier molecular flexibility index (Phi) is 6.07. The average molecular weight is 408 g/mol. The van der Waals surface area contributed by atoms with Crippen molar-refractivity contribution in [3.63, 3.8) is 0 Å². The molecule has 7 heteroatoms. The lowest BCUT2D eigenvalue weighted by atomic mass is 10.2. The zero-order chi connectivity index (χ0) is 20.1. The van der Waals surface area contributed by atoms with Crippen LogP contribution in [0.15, 0.2) is 65.7 Å². The summed E-state index contributed by atoms with van der Waals surface area (Å²) in [5.74, 6) is 0.986. The van der Waals surface area contributed by atoms with E-state index < -0.39 is 6.04 Å². The van der Waals surface area contributed by atoms with E-state index in [-0.39, 0.29) is 12.8 Å². The van der Waals surface area contributed by atoms with Gasteiger partial charge in [0.15, 0.2) is 12.8 Å². The fourth-order valence-corrected chi connectivity index (χ4v) is 3.92. The van der Waals surface area contributed by atoms with Crippen LogP contribution in [0.5, 0.6) is 5.75 Å². The number of aromatic nitrogens is 1. The van der Waals surface area contributed by atoms with Gasteiger partial charge in [0.1, 0.15) is 10.8 Å². The van der Waals surface area contributed by atoms with Crippen molar-refractivity contribution in [2.75, 3.05) is 19.7 Å². The van der Waals surface area contributed by atoms with Gasteiger partial charge in [0.2, 0.25) is 0 Å². The van der Waals surface area contributed by atoms with E-state index in [0.717, 1.165) is 33.0 Å². The summed E-state index contributed by atoms with van der Waals surface area (Å²) in [4.78, 5) is 20.7. The molecule has 0 bridgehead atoms. The average Bonchev–Trinajstić information content (AvgIpc) is 3.27. The van der Waals surface area contributed by atoms with E-state index in [1.165, 1.54) is 18.9 Å². The molecular weight excluding hydrogens is 388 g/mol. The van der Waals surface area contributed by atoms with Gasteiger partial charge >= 0.3 is 5.97 Å². The molecule has 2 aromatic carbocycles. The number of ether oxygens (including phenoxy) is 3. The molecule has 0 aliphatic carbocycles. The highest BCUT2D eigenvalue weighted by Crippen LogP contribution is 2.26. The quantitative estimate of drug-likeness (QED) is 0.336.